The Balaban J connectivity index is 1.99. The van der Waals surface area contributed by atoms with Crippen molar-refractivity contribution in [2.24, 2.45) is 0 Å². The number of thiophene rings is 1. The van der Waals surface area contributed by atoms with Crippen molar-refractivity contribution in [3.8, 4) is 0 Å². The Morgan fingerprint density at radius 1 is 1.40 bits per heavy atom. The van der Waals surface area contributed by atoms with Crippen molar-refractivity contribution in [3.63, 3.8) is 0 Å². The molecule has 1 aromatic carbocycles. The van der Waals surface area contributed by atoms with Gasteiger partial charge in [0.15, 0.2) is 0 Å². The molecule has 3 rings (SSSR count). The van der Waals surface area contributed by atoms with Crippen molar-refractivity contribution < 1.29 is 9.50 Å². The average Bonchev–Trinajstić information content (AvgIpc) is 3.13. The molecule has 0 bridgehead atoms. The average molecular weight is 291 g/mol. The number of benzene rings is 1. The molecule has 0 saturated heterocycles. The van der Waals surface area contributed by atoms with Crippen LogP contribution in [0.4, 0.5) is 10.1 Å². The molecule has 1 fully saturated rings. The number of anilines is 1. The van der Waals surface area contributed by atoms with E-state index in [2.05, 4.69) is 16.3 Å². The molecule has 0 aliphatic heterocycles. The molecule has 1 aromatic heterocycles. The summed E-state index contributed by atoms with van der Waals surface area (Å²) in [5.74, 6) is -0.245. The first-order chi connectivity index (χ1) is 9.66. The fraction of sp³-hybridized carbons (Fsp3) is 0.375. The monoisotopic (exact) mass is 291 g/mol. The molecular weight excluding hydrogens is 273 g/mol. The maximum Gasteiger partial charge on any atom is 0.146 e. The molecule has 4 heteroatoms. The second-order valence-corrected chi connectivity index (χ2v) is 6.12. The summed E-state index contributed by atoms with van der Waals surface area (Å²) in [6.45, 7) is 2.39. The van der Waals surface area contributed by atoms with E-state index in [0.717, 1.165) is 12.8 Å². The summed E-state index contributed by atoms with van der Waals surface area (Å²) in [5, 5.41) is 14.0. The molecule has 1 unspecified atom stereocenters. The van der Waals surface area contributed by atoms with Crippen molar-refractivity contribution in [2.75, 3.05) is 4.90 Å². The van der Waals surface area contributed by atoms with E-state index in [9.17, 15) is 9.50 Å². The van der Waals surface area contributed by atoms with Crippen molar-refractivity contribution in [3.05, 3.63) is 52.0 Å². The smallest absolute Gasteiger partial charge is 0.146 e. The van der Waals surface area contributed by atoms with Crippen LogP contribution in [0.25, 0.3) is 0 Å². The Morgan fingerprint density at radius 3 is 2.80 bits per heavy atom. The molecule has 106 valence electrons. The molecule has 20 heavy (non-hydrogen) atoms. The number of hydrogen-bond acceptors (Lipinski definition) is 3. The zero-order valence-corrected chi connectivity index (χ0v) is 12.2. The molecule has 1 saturated carbocycles. The molecule has 1 aliphatic rings. The van der Waals surface area contributed by atoms with Crippen molar-refractivity contribution >= 4 is 17.0 Å². The number of halogens is 1. The normalized spacial score (nSPS) is 16.1. The molecule has 1 aliphatic carbocycles. The predicted molar refractivity (Wildman–Crippen MR) is 80.6 cm³/mol. The summed E-state index contributed by atoms with van der Waals surface area (Å²) >= 11 is 1.65. The summed E-state index contributed by atoms with van der Waals surface area (Å²) in [7, 11) is 0. The van der Waals surface area contributed by atoms with E-state index in [1.54, 1.807) is 24.3 Å². The Bertz CT molecular complexity index is 578. The minimum absolute atomic E-state index is 0.245. The standard InChI is InChI=1S/C16H18FNOS/c1-11(19)14-3-2-4-15(17)16(14)18(13-5-6-13)9-12-7-8-20-10-12/h2-4,7-8,10-11,13,19H,5-6,9H2,1H3. The van der Waals surface area contributed by atoms with Gasteiger partial charge in [-0.3, -0.25) is 0 Å². The van der Waals surface area contributed by atoms with E-state index >= 15 is 0 Å². The van der Waals surface area contributed by atoms with Crippen LogP contribution in [-0.2, 0) is 6.54 Å². The quantitative estimate of drug-likeness (QED) is 0.896. The zero-order valence-electron chi connectivity index (χ0n) is 11.4. The van der Waals surface area contributed by atoms with Gasteiger partial charge in [-0.25, -0.2) is 4.39 Å². The van der Waals surface area contributed by atoms with Gasteiger partial charge < -0.3 is 10.0 Å². The summed E-state index contributed by atoms with van der Waals surface area (Å²) in [5.41, 5.74) is 2.44. The van der Waals surface area contributed by atoms with Crippen molar-refractivity contribution in [2.45, 2.75) is 38.5 Å². The van der Waals surface area contributed by atoms with Gasteiger partial charge in [-0.1, -0.05) is 12.1 Å². The van der Waals surface area contributed by atoms with E-state index in [1.165, 1.54) is 11.6 Å². The van der Waals surface area contributed by atoms with Crippen molar-refractivity contribution in [1.29, 1.82) is 0 Å². The van der Waals surface area contributed by atoms with Gasteiger partial charge in [0.1, 0.15) is 5.82 Å². The fourth-order valence-electron chi connectivity index (χ4n) is 2.53. The van der Waals surface area contributed by atoms with E-state index < -0.39 is 6.10 Å². The molecule has 2 nitrogen and oxygen atoms in total. The predicted octanol–water partition coefficient (Wildman–Crippen LogP) is 4.11. The van der Waals surface area contributed by atoms with Crippen LogP contribution in [0.1, 0.15) is 37.0 Å². The Kier molecular flexibility index (Phi) is 3.76. The van der Waals surface area contributed by atoms with Gasteiger partial charge in [-0.2, -0.15) is 11.3 Å². The van der Waals surface area contributed by atoms with Crippen LogP contribution in [0.2, 0.25) is 0 Å². The highest BCUT2D eigenvalue weighted by atomic mass is 32.1. The third kappa shape index (κ3) is 2.72. The van der Waals surface area contributed by atoms with Gasteiger partial charge in [-0.05, 0) is 48.2 Å². The summed E-state index contributed by atoms with van der Waals surface area (Å²) in [4.78, 5) is 2.11. The van der Waals surface area contributed by atoms with Gasteiger partial charge >= 0.3 is 0 Å². The van der Waals surface area contributed by atoms with Crippen LogP contribution in [0.5, 0.6) is 0 Å². The second kappa shape index (κ2) is 5.54. The lowest BCUT2D eigenvalue weighted by Crippen LogP contribution is -2.27. The molecule has 1 atom stereocenters. The SMILES string of the molecule is CC(O)c1cccc(F)c1N(Cc1ccsc1)C1CC1. The lowest BCUT2D eigenvalue weighted by molar-refractivity contribution is 0.199. The van der Waals surface area contributed by atoms with Crippen LogP contribution < -0.4 is 4.90 Å². The van der Waals surface area contributed by atoms with Crippen LogP contribution in [0.3, 0.4) is 0 Å². The highest BCUT2D eigenvalue weighted by Crippen LogP contribution is 2.38. The highest BCUT2D eigenvalue weighted by molar-refractivity contribution is 7.07. The number of rotatable bonds is 5. The van der Waals surface area contributed by atoms with Crippen LogP contribution in [-0.4, -0.2) is 11.1 Å². The fourth-order valence-corrected chi connectivity index (χ4v) is 3.19. The Hall–Kier alpha value is -1.39. The topological polar surface area (TPSA) is 23.5 Å². The number of aliphatic hydroxyl groups is 1. The molecule has 0 spiro atoms. The van der Waals surface area contributed by atoms with Crippen LogP contribution in [0, 0.1) is 5.82 Å². The van der Waals surface area contributed by atoms with E-state index in [-0.39, 0.29) is 5.82 Å². The van der Waals surface area contributed by atoms with Gasteiger partial charge in [0.2, 0.25) is 0 Å². The highest BCUT2D eigenvalue weighted by Gasteiger charge is 2.32. The largest absolute Gasteiger partial charge is 0.389 e. The third-order valence-corrected chi connectivity index (χ3v) is 4.41. The van der Waals surface area contributed by atoms with E-state index in [4.69, 9.17) is 0 Å². The molecular formula is C16H18FNOS. The molecule has 0 radical (unpaired) electrons. The maximum absolute atomic E-state index is 14.3. The first-order valence-corrected chi connectivity index (χ1v) is 7.85. The zero-order chi connectivity index (χ0) is 14.1. The van der Waals surface area contributed by atoms with Gasteiger partial charge in [0, 0.05) is 18.2 Å². The van der Waals surface area contributed by atoms with Crippen LogP contribution >= 0.6 is 11.3 Å². The maximum atomic E-state index is 14.3. The minimum atomic E-state index is -0.663. The van der Waals surface area contributed by atoms with Crippen molar-refractivity contribution in [1.82, 2.24) is 0 Å². The van der Waals surface area contributed by atoms with Gasteiger partial charge in [-0.15, -0.1) is 0 Å². The first-order valence-electron chi connectivity index (χ1n) is 6.91. The summed E-state index contributed by atoms with van der Waals surface area (Å²) in [6, 6.07) is 7.42. The molecule has 2 aromatic rings. The number of hydrogen-bond donors (Lipinski definition) is 1. The Morgan fingerprint density at radius 2 is 2.20 bits per heavy atom. The summed E-state index contributed by atoms with van der Waals surface area (Å²) < 4.78 is 14.3. The van der Waals surface area contributed by atoms with E-state index in [0.29, 0.717) is 23.8 Å². The summed E-state index contributed by atoms with van der Waals surface area (Å²) in [6.07, 6.45) is 1.53. The lowest BCUT2D eigenvalue weighted by atomic mass is 10.1. The number of nitrogens with zero attached hydrogens (tertiary/aromatic N) is 1. The second-order valence-electron chi connectivity index (χ2n) is 5.34. The van der Waals surface area contributed by atoms with Crippen LogP contribution in [0.15, 0.2) is 35.0 Å². The third-order valence-electron chi connectivity index (χ3n) is 3.68. The number of aliphatic hydroxyl groups excluding tert-OH is 1. The van der Waals surface area contributed by atoms with E-state index in [1.807, 2.05) is 11.4 Å². The molecule has 1 N–H and O–H groups in total. The van der Waals surface area contributed by atoms with Gasteiger partial charge in [0.05, 0.1) is 11.8 Å². The Labute approximate surface area is 122 Å². The first kappa shape index (κ1) is 13.6. The molecule has 0 amide bonds. The lowest BCUT2D eigenvalue weighted by Gasteiger charge is -2.28. The van der Waals surface area contributed by atoms with Gasteiger partial charge in [0.25, 0.3) is 0 Å². The number of para-hydroxylation sites is 1. The minimum Gasteiger partial charge on any atom is -0.389 e. The molecule has 1 heterocycles.